The van der Waals surface area contributed by atoms with E-state index < -0.39 is 5.60 Å². The smallest absolute Gasteiger partial charge is 0.234 e. The number of hydrogen-bond acceptors (Lipinski definition) is 5. The fraction of sp³-hybridized carbons (Fsp3) is 0.667. The number of carbonyl (C=O) groups excluding carboxylic acids is 1. The largest absolute Gasteiger partial charge is 0.378 e. The van der Waals surface area contributed by atoms with Gasteiger partial charge in [-0.25, -0.2) is 0 Å². The minimum Gasteiger partial charge on any atom is -0.378 e. The predicted octanol–water partition coefficient (Wildman–Crippen LogP) is -0.197. The number of nitrogens with zero attached hydrogens (tertiary/aromatic N) is 3. The number of carbonyl (C=O) groups is 1. The molecule has 0 saturated carbocycles. The lowest BCUT2D eigenvalue weighted by Crippen LogP contribution is -2.42. The van der Waals surface area contributed by atoms with Gasteiger partial charge in [-0.1, -0.05) is 0 Å². The molecule has 15 heavy (non-hydrogen) atoms. The van der Waals surface area contributed by atoms with E-state index >= 15 is 0 Å². The molecule has 0 spiro atoms. The van der Waals surface area contributed by atoms with Crippen molar-refractivity contribution < 1.29 is 14.3 Å². The first-order valence-corrected chi connectivity index (χ1v) is 4.71. The highest BCUT2D eigenvalue weighted by molar-refractivity contribution is 6.00. The summed E-state index contributed by atoms with van der Waals surface area (Å²) in [7, 11) is 3.25. The van der Waals surface area contributed by atoms with Crippen molar-refractivity contribution in [2.45, 2.75) is 12.0 Å². The van der Waals surface area contributed by atoms with Crippen LogP contribution in [0.4, 0.5) is 0 Å². The Morgan fingerprint density at radius 2 is 2.53 bits per heavy atom. The summed E-state index contributed by atoms with van der Waals surface area (Å²) in [6, 6.07) is 0. The van der Waals surface area contributed by atoms with E-state index in [2.05, 4.69) is 10.2 Å². The summed E-state index contributed by atoms with van der Waals surface area (Å²) in [6.45, 7) is 0.826. The van der Waals surface area contributed by atoms with Crippen LogP contribution in [0, 0.1) is 0 Å². The van der Waals surface area contributed by atoms with Gasteiger partial charge in [-0.3, -0.25) is 4.79 Å². The third kappa shape index (κ3) is 1.55. The van der Waals surface area contributed by atoms with E-state index in [9.17, 15) is 4.79 Å². The maximum absolute atomic E-state index is 12.2. The number of Topliss-reactive ketones (excluding diaryl/α,β-unsaturated/α-hetero) is 1. The normalized spacial score (nSPS) is 25.7. The van der Waals surface area contributed by atoms with Gasteiger partial charge in [0.15, 0.2) is 5.60 Å². The number of methoxy groups -OCH3 is 1. The Morgan fingerprint density at radius 1 is 1.73 bits per heavy atom. The highest BCUT2D eigenvalue weighted by atomic mass is 16.6. The molecule has 1 fully saturated rings. The first-order valence-electron chi connectivity index (χ1n) is 4.71. The summed E-state index contributed by atoms with van der Waals surface area (Å²) in [5, 5.41) is 7.46. The molecule has 2 rings (SSSR count). The molecule has 6 nitrogen and oxygen atoms in total. The molecule has 0 bridgehead atoms. The van der Waals surface area contributed by atoms with E-state index in [1.807, 2.05) is 0 Å². The predicted molar refractivity (Wildman–Crippen MR) is 50.5 cm³/mol. The van der Waals surface area contributed by atoms with Gasteiger partial charge in [-0.2, -0.15) is 0 Å². The lowest BCUT2D eigenvalue weighted by atomic mass is 9.96. The van der Waals surface area contributed by atoms with Crippen LogP contribution in [0.1, 0.15) is 17.0 Å². The zero-order chi connectivity index (χ0) is 10.9. The molecule has 1 aliphatic heterocycles. The summed E-state index contributed by atoms with van der Waals surface area (Å²) in [5.41, 5.74) is -0.874. The van der Waals surface area contributed by atoms with Gasteiger partial charge in [0.05, 0.1) is 13.2 Å². The number of ether oxygens (including phenoxy) is 2. The molecule has 1 aromatic heterocycles. The van der Waals surface area contributed by atoms with Crippen LogP contribution in [0.15, 0.2) is 6.33 Å². The fourth-order valence-corrected chi connectivity index (χ4v) is 1.67. The minimum atomic E-state index is -0.874. The van der Waals surface area contributed by atoms with Crippen molar-refractivity contribution in [3.63, 3.8) is 0 Å². The summed E-state index contributed by atoms with van der Waals surface area (Å²) >= 11 is 0. The molecular formula is C9H13N3O3. The molecule has 0 aromatic carbocycles. The van der Waals surface area contributed by atoms with Crippen LogP contribution in [-0.4, -0.2) is 46.5 Å². The third-order valence-corrected chi connectivity index (χ3v) is 2.70. The molecule has 0 aliphatic carbocycles. The van der Waals surface area contributed by atoms with Crippen LogP contribution in [0.5, 0.6) is 0 Å². The Kier molecular flexibility index (Phi) is 2.54. The fourth-order valence-electron chi connectivity index (χ4n) is 1.67. The molecule has 1 aliphatic rings. The number of ketones is 1. The minimum absolute atomic E-state index is 0.164. The molecule has 82 valence electrons. The molecule has 2 heterocycles. The summed E-state index contributed by atoms with van der Waals surface area (Å²) in [6.07, 6.45) is 2.06. The van der Waals surface area contributed by atoms with Gasteiger partial charge in [-0.15, -0.1) is 10.2 Å². The molecule has 1 saturated heterocycles. The number of aryl methyl sites for hydroxylation is 1. The van der Waals surface area contributed by atoms with E-state index in [1.165, 1.54) is 13.4 Å². The van der Waals surface area contributed by atoms with E-state index in [-0.39, 0.29) is 12.4 Å². The van der Waals surface area contributed by atoms with E-state index in [4.69, 9.17) is 9.47 Å². The van der Waals surface area contributed by atoms with E-state index in [0.29, 0.717) is 18.9 Å². The van der Waals surface area contributed by atoms with Crippen molar-refractivity contribution in [2.24, 2.45) is 7.05 Å². The van der Waals surface area contributed by atoms with Crippen LogP contribution in [0.2, 0.25) is 0 Å². The standard InChI is InChI=1S/C9H13N3O3/c1-12-6-10-11-8(12)7(13)9(14-2)3-4-15-5-9/h6H,3-5H2,1-2H3. The Labute approximate surface area is 87.2 Å². The summed E-state index contributed by atoms with van der Waals surface area (Å²) in [5.74, 6) is 0.143. The van der Waals surface area contributed by atoms with Gasteiger partial charge in [0.1, 0.15) is 6.33 Å². The molecule has 1 atom stereocenters. The molecular weight excluding hydrogens is 198 g/mol. The number of hydrogen-bond donors (Lipinski definition) is 0. The molecule has 0 N–H and O–H groups in total. The zero-order valence-corrected chi connectivity index (χ0v) is 8.77. The Hall–Kier alpha value is -1.27. The summed E-state index contributed by atoms with van der Waals surface area (Å²) < 4.78 is 12.1. The second-order valence-corrected chi connectivity index (χ2v) is 3.60. The van der Waals surface area contributed by atoms with Gasteiger partial charge in [0.25, 0.3) is 0 Å². The van der Waals surface area contributed by atoms with Gasteiger partial charge in [-0.05, 0) is 0 Å². The van der Waals surface area contributed by atoms with Crippen LogP contribution in [-0.2, 0) is 16.5 Å². The van der Waals surface area contributed by atoms with Crippen LogP contribution in [0.3, 0.4) is 0 Å². The highest BCUT2D eigenvalue weighted by Crippen LogP contribution is 2.26. The third-order valence-electron chi connectivity index (χ3n) is 2.70. The molecule has 0 radical (unpaired) electrons. The summed E-state index contributed by atoms with van der Waals surface area (Å²) in [4.78, 5) is 12.2. The zero-order valence-electron chi connectivity index (χ0n) is 8.77. The Balaban J connectivity index is 2.30. The molecule has 6 heteroatoms. The Morgan fingerprint density at radius 3 is 3.00 bits per heavy atom. The second-order valence-electron chi connectivity index (χ2n) is 3.60. The molecule has 1 unspecified atom stereocenters. The average Bonchev–Trinajstić information content (AvgIpc) is 2.86. The first kappa shape index (κ1) is 10.3. The SMILES string of the molecule is COC1(C(=O)c2nncn2C)CCOC1. The first-order chi connectivity index (χ1) is 7.19. The van der Waals surface area contributed by atoms with Crippen LogP contribution in [0.25, 0.3) is 0 Å². The van der Waals surface area contributed by atoms with Gasteiger partial charge in [0, 0.05) is 20.6 Å². The molecule has 1 aromatic rings. The maximum atomic E-state index is 12.2. The highest BCUT2D eigenvalue weighted by Gasteiger charge is 2.44. The van der Waals surface area contributed by atoms with Crippen molar-refractivity contribution in [1.82, 2.24) is 14.8 Å². The second kappa shape index (κ2) is 3.71. The van der Waals surface area contributed by atoms with Crippen molar-refractivity contribution >= 4 is 5.78 Å². The lowest BCUT2D eigenvalue weighted by Gasteiger charge is -2.22. The number of rotatable bonds is 3. The maximum Gasteiger partial charge on any atom is 0.234 e. The van der Waals surface area contributed by atoms with E-state index in [1.54, 1.807) is 11.6 Å². The van der Waals surface area contributed by atoms with Crippen molar-refractivity contribution in [2.75, 3.05) is 20.3 Å². The molecule has 0 amide bonds. The average molecular weight is 211 g/mol. The topological polar surface area (TPSA) is 66.2 Å². The lowest BCUT2D eigenvalue weighted by molar-refractivity contribution is -0.00444. The van der Waals surface area contributed by atoms with Crippen LogP contribution < -0.4 is 0 Å². The monoisotopic (exact) mass is 211 g/mol. The van der Waals surface area contributed by atoms with Crippen LogP contribution >= 0.6 is 0 Å². The van der Waals surface area contributed by atoms with Gasteiger partial charge in [0.2, 0.25) is 11.6 Å². The van der Waals surface area contributed by atoms with Gasteiger partial charge >= 0.3 is 0 Å². The van der Waals surface area contributed by atoms with Crippen molar-refractivity contribution in [3.05, 3.63) is 12.2 Å². The van der Waals surface area contributed by atoms with Crippen molar-refractivity contribution in [3.8, 4) is 0 Å². The Bertz CT molecular complexity index is 368. The van der Waals surface area contributed by atoms with E-state index in [0.717, 1.165) is 0 Å². The quantitative estimate of drug-likeness (QED) is 0.648. The number of aromatic nitrogens is 3. The van der Waals surface area contributed by atoms with Gasteiger partial charge < -0.3 is 14.0 Å². The van der Waals surface area contributed by atoms with Crippen molar-refractivity contribution in [1.29, 1.82) is 0 Å².